The lowest BCUT2D eigenvalue weighted by Crippen LogP contribution is -2.53. The van der Waals surface area contributed by atoms with Gasteiger partial charge in [0.1, 0.15) is 12.6 Å². The number of anilines is 1. The molecule has 4 aromatic carbocycles. The lowest BCUT2D eigenvalue weighted by molar-refractivity contribution is -0.139. The van der Waals surface area contributed by atoms with E-state index >= 15 is 0 Å². The first-order valence-corrected chi connectivity index (χ1v) is 15.5. The monoisotopic (exact) mass is 643 g/mol. The Balaban J connectivity index is 1.80. The highest BCUT2D eigenvalue weighted by molar-refractivity contribution is 7.92. The van der Waals surface area contributed by atoms with E-state index in [0.717, 1.165) is 9.87 Å². The highest BCUT2D eigenvalue weighted by Crippen LogP contribution is 2.31. The fraction of sp³-hybridized carbons (Fsp3) is 0.161. The summed E-state index contributed by atoms with van der Waals surface area (Å²) in [5.41, 5.74) is 1.64. The summed E-state index contributed by atoms with van der Waals surface area (Å²) in [7, 11) is -2.75. The van der Waals surface area contributed by atoms with Crippen molar-refractivity contribution in [1.29, 1.82) is 0 Å². The van der Waals surface area contributed by atoms with Crippen LogP contribution in [0.5, 0.6) is 0 Å². The lowest BCUT2D eigenvalue weighted by Gasteiger charge is -2.33. The van der Waals surface area contributed by atoms with Crippen molar-refractivity contribution in [2.45, 2.75) is 23.9 Å². The predicted octanol–water partition coefficient (Wildman–Crippen LogP) is 6.23. The van der Waals surface area contributed by atoms with Gasteiger partial charge in [0.25, 0.3) is 10.0 Å². The topological polar surface area (TPSA) is 86.8 Å². The first-order chi connectivity index (χ1) is 20.1. The minimum Gasteiger partial charge on any atom is -0.357 e. The summed E-state index contributed by atoms with van der Waals surface area (Å²) in [5, 5.41) is 3.46. The molecule has 1 atom stereocenters. The maximum Gasteiger partial charge on any atom is 0.264 e. The fourth-order valence-corrected chi connectivity index (χ4v) is 6.37. The number of carbonyl (C=O) groups excluding carboxylic acids is 2. The van der Waals surface area contributed by atoms with E-state index in [9.17, 15) is 18.0 Å². The number of amides is 2. The zero-order valence-corrected chi connectivity index (χ0v) is 25.7. The van der Waals surface area contributed by atoms with Crippen molar-refractivity contribution in [1.82, 2.24) is 10.2 Å². The lowest BCUT2D eigenvalue weighted by atomic mass is 10.0. The molecule has 218 valence electrons. The third-order valence-electron chi connectivity index (χ3n) is 6.56. The van der Waals surface area contributed by atoms with Gasteiger partial charge in [-0.1, -0.05) is 95.5 Å². The summed E-state index contributed by atoms with van der Waals surface area (Å²) >= 11 is 18.6. The Kier molecular flexibility index (Phi) is 10.5. The van der Waals surface area contributed by atoms with Crippen molar-refractivity contribution in [2.24, 2.45) is 0 Å². The van der Waals surface area contributed by atoms with E-state index < -0.39 is 34.4 Å². The molecule has 11 heteroatoms. The van der Waals surface area contributed by atoms with E-state index in [4.69, 9.17) is 34.8 Å². The summed E-state index contributed by atoms with van der Waals surface area (Å²) in [6.45, 7) is -0.608. The quantitative estimate of drug-likeness (QED) is 0.210. The summed E-state index contributed by atoms with van der Waals surface area (Å²) in [6, 6.07) is 27.3. The standard InChI is InChI=1S/C31H28Cl3N3O4S/c1-35-31(39)29(18-22-9-4-2-5-10-22)36(20-23-11-8-12-24(32)17-23)30(38)21-37(25-15-16-27(33)28(34)19-25)42(40,41)26-13-6-3-7-14-26/h2-17,19,29H,18,20-21H2,1H3,(H,35,39)/t29-/m1/s1. The van der Waals surface area contributed by atoms with Crippen molar-refractivity contribution in [3.05, 3.63) is 129 Å². The van der Waals surface area contributed by atoms with Gasteiger partial charge in [0.05, 0.1) is 20.6 Å². The van der Waals surface area contributed by atoms with Gasteiger partial charge in [0.2, 0.25) is 11.8 Å². The van der Waals surface area contributed by atoms with Crippen molar-refractivity contribution in [3.63, 3.8) is 0 Å². The van der Waals surface area contributed by atoms with Crippen LogP contribution in [0.2, 0.25) is 15.1 Å². The minimum atomic E-state index is -4.24. The van der Waals surface area contributed by atoms with E-state index in [0.29, 0.717) is 10.6 Å². The first-order valence-electron chi connectivity index (χ1n) is 12.9. The van der Waals surface area contributed by atoms with Gasteiger partial charge in [0, 0.05) is 25.0 Å². The summed E-state index contributed by atoms with van der Waals surface area (Å²) < 4.78 is 28.8. The average Bonchev–Trinajstić information content (AvgIpc) is 2.99. The predicted molar refractivity (Wildman–Crippen MR) is 167 cm³/mol. The molecule has 42 heavy (non-hydrogen) atoms. The van der Waals surface area contributed by atoms with Gasteiger partial charge in [-0.15, -0.1) is 0 Å². The number of rotatable bonds is 11. The van der Waals surface area contributed by atoms with Gasteiger partial charge in [-0.2, -0.15) is 0 Å². The van der Waals surface area contributed by atoms with E-state index in [2.05, 4.69) is 5.32 Å². The molecule has 0 fully saturated rings. The fourth-order valence-electron chi connectivity index (χ4n) is 4.44. The van der Waals surface area contributed by atoms with E-state index in [1.54, 1.807) is 42.5 Å². The van der Waals surface area contributed by atoms with Crippen LogP contribution in [-0.2, 0) is 32.6 Å². The Bertz CT molecular complexity index is 1650. The van der Waals surface area contributed by atoms with Crippen LogP contribution in [0.3, 0.4) is 0 Å². The number of halogens is 3. The molecule has 0 heterocycles. The molecule has 0 aliphatic rings. The maximum atomic E-state index is 14.2. The van der Waals surface area contributed by atoms with Gasteiger partial charge in [-0.25, -0.2) is 8.42 Å². The van der Waals surface area contributed by atoms with E-state index in [-0.39, 0.29) is 33.6 Å². The van der Waals surface area contributed by atoms with Crippen LogP contribution >= 0.6 is 34.8 Å². The molecule has 0 aromatic heterocycles. The number of carbonyl (C=O) groups is 2. The number of nitrogens with one attached hydrogen (secondary N) is 1. The Morgan fingerprint density at radius 1 is 0.786 bits per heavy atom. The number of nitrogens with zero attached hydrogens (tertiary/aromatic N) is 2. The van der Waals surface area contributed by atoms with Crippen LogP contribution in [0, 0.1) is 0 Å². The van der Waals surface area contributed by atoms with E-state index in [1.807, 2.05) is 30.3 Å². The smallest absolute Gasteiger partial charge is 0.264 e. The molecule has 0 aliphatic carbocycles. The third-order valence-corrected chi connectivity index (χ3v) is 9.32. The SMILES string of the molecule is CNC(=O)[C@@H](Cc1ccccc1)N(Cc1cccc(Cl)c1)C(=O)CN(c1ccc(Cl)c(Cl)c1)S(=O)(=O)c1ccccc1. The van der Waals surface area contributed by atoms with Crippen molar-refractivity contribution in [3.8, 4) is 0 Å². The summed E-state index contributed by atoms with van der Waals surface area (Å²) in [6.07, 6.45) is 0.199. The molecule has 0 saturated carbocycles. The molecule has 7 nitrogen and oxygen atoms in total. The van der Waals surface area contributed by atoms with Gasteiger partial charge >= 0.3 is 0 Å². The van der Waals surface area contributed by atoms with Crippen LogP contribution in [0.25, 0.3) is 0 Å². The molecule has 0 aliphatic heterocycles. The average molecular weight is 645 g/mol. The molecule has 2 amide bonds. The molecule has 0 unspecified atom stereocenters. The number of hydrogen-bond acceptors (Lipinski definition) is 4. The number of likely N-dealkylation sites (N-methyl/N-ethyl adjacent to an activating group) is 1. The molecule has 0 saturated heterocycles. The van der Waals surface area contributed by atoms with Crippen LogP contribution in [0.4, 0.5) is 5.69 Å². The molecule has 4 rings (SSSR count). The van der Waals surface area contributed by atoms with Crippen LogP contribution < -0.4 is 9.62 Å². The summed E-state index contributed by atoms with van der Waals surface area (Å²) in [4.78, 5) is 28.9. The van der Waals surface area contributed by atoms with E-state index in [1.165, 1.54) is 42.3 Å². The van der Waals surface area contributed by atoms with Crippen LogP contribution in [0.15, 0.2) is 108 Å². The Labute approximate surface area is 260 Å². The second kappa shape index (κ2) is 14.1. The van der Waals surface area contributed by atoms with Gasteiger partial charge < -0.3 is 10.2 Å². The van der Waals surface area contributed by atoms with Crippen molar-refractivity contribution in [2.75, 3.05) is 17.9 Å². The Morgan fingerprint density at radius 3 is 2.05 bits per heavy atom. The molecule has 4 aromatic rings. The number of sulfonamides is 1. The third kappa shape index (κ3) is 7.63. The normalized spacial score (nSPS) is 11.9. The molecular weight excluding hydrogens is 617 g/mol. The van der Waals surface area contributed by atoms with Gasteiger partial charge in [-0.3, -0.25) is 13.9 Å². The number of benzene rings is 4. The van der Waals surface area contributed by atoms with Crippen LogP contribution in [0.1, 0.15) is 11.1 Å². The highest BCUT2D eigenvalue weighted by atomic mass is 35.5. The molecular formula is C31H28Cl3N3O4S. The van der Waals surface area contributed by atoms with Gasteiger partial charge in [0.15, 0.2) is 0 Å². The largest absolute Gasteiger partial charge is 0.357 e. The Morgan fingerprint density at radius 2 is 1.43 bits per heavy atom. The number of hydrogen-bond donors (Lipinski definition) is 1. The summed E-state index contributed by atoms with van der Waals surface area (Å²) in [5.74, 6) is -1.01. The molecule has 0 spiro atoms. The first kappa shape index (κ1) is 31.4. The molecule has 1 N–H and O–H groups in total. The zero-order valence-electron chi connectivity index (χ0n) is 22.6. The molecule has 0 radical (unpaired) electrons. The van der Waals surface area contributed by atoms with Crippen molar-refractivity contribution >= 4 is 62.3 Å². The zero-order chi connectivity index (χ0) is 30.3. The highest BCUT2D eigenvalue weighted by Gasteiger charge is 2.34. The maximum absolute atomic E-state index is 14.2. The molecule has 0 bridgehead atoms. The second-order valence-electron chi connectivity index (χ2n) is 9.39. The minimum absolute atomic E-state index is 0.00487. The van der Waals surface area contributed by atoms with Gasteiger partial charge in [-0.05, 0) is 53.6 Å². The Hall–Kier alpha value is -3.56. The second-order valence-corrected chi connectivity index (χ2v) is 12.5. The van der Waals surface area contributed by atoms with Crippen LogP contribution in [-0.4, -0.2) is 44.8 Å². The van der Waals surface area contributed by atoms with Crippen molar-refractivity contribution < 1.29 is 18.0 Å².